The molecule has 5 heteroatoms. The van der Waals surface area contributed by atoms with Gasteiger partial charge >= 0.3 is 0 Å². The Hall–Kier alpha value is -3.44. The Labute approximate surface area is 188 Å². The summed E-state index contributed by atoms with van der Waals surface area (Å²) in [5.41, 5.74) is 6.88. The molecule has 2 aromatic heterocycles. The van der Waals surface area contributed by atoms with Gasteiger partial charge in [0.1, 0.15) is 0 Å². The van der Waals surface area contributed by atoms with E-state index in [1.807, 2.05) is 30.5 Å². The first-order chi connectivity index (χ1) is 15.1. The van der Waals surface area contributed by atoms with Gasteiger partial charge in [-0.1, -0.05) is 42.5 Å². The molecule has 0 bridgehead atoms. The normalized spacial score (nSPS) is 18.3. The molecule has 0 amide bonds. The quantitative estimate of drug-likeness (QED) is 0.428. The zero-order chi connectivity index (χ0) is 21.4. The number of aryl methyl sites for hydroxylation is 1. The van der Waals surface area contributed by atoms with Gasteiger partial charge in [0.25, 0.3) is 0 Å². The summed E-state index contributed by atoms with van der Waals surface area (Å²) < 4.78 is 2.31. The average Bonchev–Trinajstić information content (AvgIpc) is 3.30. The summed E-state index contributed by atoms with van der Waals surface area (Å²) in [6.45, 7) is 4.35. The molecule has 0 radical (unpaired) electrons. The van der Waals surface area contributed by atoms with E-state index in [4.69, 9.17) is 12.2 Å². The standard InChI is InChI=1S/C26H24N4S/c1-18-17-22(19(2)29(18)20-11-5-3-6-12-20)25-24(23-15-9-10-16-27-23)28-26(31)30(25)21-13-7-4-8-14-21/h3-17,24-25H,1-2H3,(H,28,31)/t24-,25-/m1/s1. The Kier molecular flexibility index (Phi) is 5.04. The van der Waals surface area contributed by atoms with E-state index >= 15 is 0 Å². The SMILES string of the molecule is Cc1cc([C@@H]2[C@@H](c3ccccn3)NC(=S)N2c2ccccc2)c(C)n1-c1ccccc1. The molecule has 0 aliphatic carbocycles. The molecule has 0 saturated carbocycles. The minimum atomic E-state index is -0.0429. The molecule has 0 spiro atoms. The second-order valence-electron chi connectivity index (χ2n) is 7.83. The fourth-order valence-corrected chi connectivity index (χ4v) is 4.94. The summed E-state index contributed by atoms with van der Waals surface area (Å²) in [5, 5.41) is 4.27. The van der Waals surface area contributed by atoms with Crippen LogP contribution in [0, 0.1) is 13.8 Å². The zero-order valence-electron chi connectivity index (χ0n) is 17.6. The largest absolute Gasteiger partial charge is 0.351 e. The second-order valence-corrected chi connectivity index (χ2v) is 8.22. The summed E-state index contributed by atoms with van der Waals surface area (Å²) in [5.74, 6) is 0. The van der Waals surface area contributed by atoms with Crippen LogP contribution in [0.3, 0.4) is 0 Å². The van der Waals surface area contributed by atoms with Crippen molar-refractivity contribution in [3.05, 3.63) is 114 Å². The van der Waals surface area contributed by atoms with Gasteiger partial charge in [0.2, 0.25) is 0 Å². The summed E-state index contributed by atoms with van der Waals surface area (Å²) in [6, 6.07) is 29.1. The Balaban J connectivity index is 1.68. The van der Waals surface area contributed by atoms with Gasteiger partial charge in [0, 0.05) is 29.0 Å². The van der Waals surface area contributed by atoms with Gasteiger partial charge in [-0.25, -0.2) is 0 Å². The van der Waals surface area contributed by atoms with Crippen LogP contribution < -0.4 is 10.2 Å². The van der Waals surface area contributed by atoms with E-state index in [1.54, 1.807) is 0 Å². The predicted octanol–water partition coefficient (Wildman–Crippen LogP) is 5.67. The van der Waals surface area contributed by atoms with E-state index < -0.39 is 0 Å². The molecule has 1 fully saturated rings. The van der Waals surface area contributed by atoms with E-state index in [-0.39, 0.29) is 12.1 Å². The second kappa shape index (κ2) is 8.00. The number of benzene rings is 2. The smallest absolute Gasteiger partial charge is 0.174 e. The highest BCUT2D eigenvalue weighted by Crippen LogP contribution is 2.43. The van der Waals surface area contributed by atoms with E-state index in [9.17, 15) is 0 Å². The number of thiocarbonyl (C=S) groups is 1. The number of nitrogens with zero attached hydrogens (tertiary/aromatic N) is 3. The number of nitrogens with one attached hydrogen (secondary N) is 1. The van der Waals surface area contributed by atoms with Gasteiger partial charge < -0.3 is 14.8 Å². The van der Waals surface area contributed by atoms with Gasteiger partial charge in [-0.2, -0.15) is 0 Å². The van der Waals surface area contributed by atoms with Crippen LogP contribution in [0.2, 0.25) is 0 Å². The van der Waals surface area contributed by atoms with Crippen LogP contribution in [0.1, 0.15) is 34.7 Å². The van der Waals surface area contributed by atoms with Gasteiger partial charge in [0.05, 0.1) is 17.8 Å². The lowest BCUT2D eigenvalue weighted by atomic mass is 9.96. The van der Waals surface area contributed by atoms with Crippen LogP contribution in [0.25, 0.3) is 5.69 Å². The Bertz CT molecular complexity index is 1200. The Morgan fingerprint density at radius 2 is 1.48 bits per heavy atom. The molecular weight excluding hydrogens is 400 g/mol. The minimum Gasteiger partial charge on any atom is -0.351 e. The number of anilines is 1. The molecule has 154 valence electrons. The van der Waals surface area contributed by atoms with E-state index in [1.165, 1.54) is 17.0 Å². The molecule has 0 unspecified atom stereocenters. The Morgan fingerprint density at radius 1 is 0.839 bits per heavy atom. The van der Waals surface area contributed by atoms with Gasteiger partial charge in [-0.05, 0) is 74.1 Å². The molecule has 31 heavy (non-hydrogen) atoms. The lowest BCUT2D eigenvalue weighted by Crippen LogP contribution is -2.29. The van der Waals surface area contributed by atoms with Crippen molar-refractivity contribution in [1.82, 2.24) is 14.9 Å². The summed E-state index contributed by atoms with van der Waals surface area (Å²) in [4.78, 5) is 6.89. The van der Waals surface area contributed by atoms with Crippen molar-refractivity contribution >= 4 is 23.0 Å². The molecule has 4 nitrogen and oxygen atoms in total. The monoisotopic (exact) mass is 424 g/mol. The number of hydrogen-bond acceptors (Lipinski definition) is 2. The van der Waals surface area contributed by atoms with Crippen molar-refractivity contribution in [1.29, 1.82) is 0 Å². The zero-order valence-corrected chi connectivity index (χ0v) is 18.4. The first-order valence-electron chi connectivity index (χ1n) is 10.4. The van der Waals surface area contributed by atoms with Crippen LogP contribution >= 0.6 is 12.2 Å². The van der Waals surface area contributed by atoms with E-state index in [0.29, 0.717) is 0 Å². The van der Waals surface area contributed by atoms with Gasteiger partial charge in [0.15, 0.2) is 5.11 Å². The number of para-hydroxylation sites is 2. The first kappa shape index (κ1) is 19.5. The van der Waals surface area contributed by atoms with Crippen LogP contribution in [0.4, 0.5) is 5.69 Å². The average molecular weight is 425 g/mol. The fourth-order valence-electron chi connectivity index (χ4n) is 4.60. The van der Waals surface area contributed by atoms with Crippen molar-refractivity contribution < 1.29 is 0 Å². The maximum Gasteiger partial charge on any atom is 0.174 e. The summed E-state index contributed by atoms with van der Waals surface area (Å²) >= 11 is 5.83. The molecule has 1 saturated heterocycles. The lowest BCUT2D eigenvalue weighted by Gasteiger charge is -2.28. The molecule has 1 N–H and O–H groups in total. The number of aromatic nitrogens is 2. The third-order valence-electron chi connectivity index (χ3n) is 5.94. The molecule has 5 rings (SSSR count). The maximum absolute atomic E-state index is 5.83. The summed E-state index contributed by atoms with van der Waals surface area (Å²) in [7, 11) is 0. The van der Waals surface area contributed by atoms with Crippen LogP contribution in [-0.4, -0.2) is 14.7 Å². The molecular formula is C26H24N4S. The summed E-state index contributed by atoms with van der Waals surface area (Å²) in [6.07, 6.45) is 1.84. The Morgan fingerprint density at radius 3 is 2.13 bits per heavy atom. The first-order valence-corrected chi connectivity index (χ1v) is 10.9. The molecule has 2 atom stereocenters. The fraction of sp³-hybridized carbons (Fsp3) is 0.154. The van der Waals surface area contributed by atoms with Crippen LogP contribution in [0.5, 0.6) is 0 Å². The molecule has 3 heterocycles. The van der Waals surface area contributed by atoms with Crippen molar-refractivity contribution in [3.8, 4) is 5.69 Å². The lowest BCUT2D eigenvalue weighted by molar-refractivity contribution is 0.565. The predicted molar refractivity (Wildman–Crippen MR) is 130 cm³/mol. The molecule has 4 aromatic rings. The van der Waals surface area contributed by atoms with Crippen LogP contribution in [0.15, 0.2) is 91.1 Å². The number of pyridine rings is 1. The van der Waals surface area contributed by atoms with Gasteiger partial charge in [-0.15, -0.1) is 0 Å². The van der Waals surface area contributed by atoms with Crippen molar-refractivity contribution in [2.45, 2.75) is 25.9 Å². The number of rotatable bonds is 4. The third-order valence-corrected chi connectivity index (χ3v) is 6.25. The highest BCUT2D eigenvalue weighted by Gasteiger charge is 2.42. The highest BCUT2D eigenvalue weighted by molar-refractivity contribution is 7.80. The van der Waals surface area contributed by atoms with E-state index in [0.717, 1.165) is 22.2 Å². The molecule has 2 aromatic carbocycles. The van der Waals surface area contributed by atoms with Crippen molar-refractivity contribution in [2.75, 3.05) is 4.90 Å². The number of hydrogen-bond donors (Lipinski definition) is 1. The highest BCUT2D eigenvalue weighted by atomic mass is 32.1. The van der Waals surface area contributed by atoms with Crippen molar-refractivity contribution in [3.63, 3.8) is 0 Å². The minimum absolute atomic E-state index is 0.00605. The maximum atomic E-state index is 5.83. The van der Waals surface area contributed by atoms with Crippen molar-refractivity contribution in [2.24, 2.45) is 0 Å². The van der Waals surface area contributed by atoms with Crippen LogP contribution in [-0.2, 0) is 0 Å². The topological polar surface area (TPSA) is 33.1 Å². The molecule has 1 aliphatic heterocycles. The van der Waals surface area contributed by atoms with E-state index in [2.05, 4.69) is 94.3 Å². The third kappa shape index (κ3) is 3.41. The molecule has 1 aliphatic rings. The van der Waals surface area contributed by atoms with Gasteiger partial charge in [-0.3, -0.25) is 4.98 Å².